The van der Waals surface area contributed by atoms with Crippen LogP contribution in [0, 0.1) is 13.8 Å². The summed E-state index contributed by atoms with van der Waals surface area (Å²) in [7, 11) is 0. The number of nitrogens with one attached hydrogen (secondary N) is 3. The van der Waals surface area contributed by atoms with Crippen molar-refractivity contribution in [3.8, 4) is 0 Å². The molecule has 0 aliphatic rings. The molecule has 0 radical (unpaired) electrons. The van der Waals surface area contributed by atoms with Gasteiger partial charge in [0, 0.05) is 24.0 Å². The van der Waals surface area contributed by atoms with E-state index in [1.807, 2.05) is 34.6 Å². The molecule has 1 aromatic heterocycles. The third-order valence-corrected chi connectivity index (χ3v) is 4.72. The first-order chi connectivity index (χ1) is 12.6. The van der Waals surface area contributed by atoms with Crippen LogP contribution in [0.3, 0.4) is 0 Å². The van der Waals surface area contributed by atoms with E-state index in [-0.39, 0.29) is 30.0 Å². The minimum Gasteiger partial charge on any atom is -0.444 e. The van der Waals surface area contributed by atoms with Crippen molar-refractivity contribution >= 4 is 47.4 Å². The molecule has 0 fully saturated rings. The number of carbonyl (C=O) groups excluding carboxylic acids is 1. The number of amides is 1. The van der Waals surface area contributed by atoms with Crippen LogP contribution >= 0.6 is 35.3 Å². The Bertz CT molecular complexity index is 609. The van der Waals surface area contributed by atoms with Gasteiger partial charge in [0.25, 0.3) is 0 Å². The van der Waals surface area contributed by atoms with Gasteiger partial charge in [-0.05, 0) is 48.0 Å². The number of guanidine groups is 1. The van der Waals surface area contributed by atoms with Crippen LogP contribution in [0.15, 0.2) is 4.99 Å². The molecule has 1 heterocycles. The Labute approximate surface area is 190 Å². The van der Waals surface area contributed by atoms with Crippen LogP contribution in [0.5, 0.6) is 0 Å². The molecule has 0 bridgehead atoms. The fourth-order valence-electron chi connectivity index (χ4n) is 2.36. The zero-order valence-electron chi connectivity index (χ0n) is 18.1. The van der Waals surface area contributed by atoms with Gasteiger partial charge in [0.1, 0.15) is 10.6 Å². The number of hydrogen-bond acceptors (Lipinski definition) is 5. The average molecular weight is 526 g/mol. The number of rotatable bonds is 8. The van der Waals surface area contributed by atoms with E-state index in [1.165, 1.54) is 4.88 Å². The van der Waals surface area contributed by atoms with Crippen LogP contribution in [0.4, 0.5) is 4.79 Å². The number of aryl methyl sites for hydroxylation is 2. The van der Waals surface area contributed by atoms with Crippen molar-refractivity contribution in [2.24, 2.45) is 4.99 Å². The number of carbonyl (C=O) groups is 1. The zero-order valence-corrected chi connectivity index (χ0v) is 21.3. The molecule has 0 aliphatic carbocycles. The highest BCUT2D eigenvalue weighted by Crippen LogP contribution is 2.16. The maximum atomic E-state index is 12.0. The summed E-state index contributed by atoms with van der Waals surface area (Å²) >= 11 is 1.67. The Morgan fingerprint density at radius 1 is 1.25 bits per heavy atom. The molecule has 0 saturated carbocycles. The molecular formula is C19H36IN5O2S. The third-order valence-electron chi connectivity index (χ3n) is 3.66. The summed E-state index contributed by atoms with van der Waals surface area (Å²) in [5, 5.41) is 10.5. The van der Waals surface area contributed by atoms with Crippen molar-refractivity contribution in [1.82, 2.24) is 20.9 Å². The summed E-state index contributed by atoms with van der Waals surface area (Å²) in [5.74, 6) is 0.718. The second kappa shape index (κ2) is 13.2. The highest BCUT2D eigenvalue weighted by atomic mass is 127. The number of aliphatic imine (C=N–C) groups is 1. The Balaban J connectivity index is 0.00000729. The lowest BCUT2D eigenvalue weighted by atomic mass is 10.1. The molecule has 1 amide bonds. The highest BCUT2D eigenvalue weighted by Gasteiger charge is 2.19. The normalized spacial score (nSPS) is 12.8. The van der Waals surface area contributed by atoms with E-state index >= 15 is 0 Å². The molecule has 1 unspecified atom stereocenters. The molecule has 0 aromatic carbocycles. The van der Waals surface area contributed by atoms with Gasteiger partial charge in [-0.3, -0.25) is 0 Å². The predicted octanol–water partition coefficient (Wildman–Crippen LogP) is 4.13. The van der Waals surface area contributed by atoms with Crippen molar-refractivity contribution in [3.63, 3.8) is 0 Å². The van der Waals surface area contributed by atoms with Gasteiger partial charge >= 0.3 is 6.09 Å². The van der Waals surface area contributed by atoms with E-state index in [9.17, 15) is 4.79 Å². The summed E-state index contributed by atoms with van der Waals surface area (Å²) in [6.45, 7) is 15.7. The molecule has 9 heteroatoms. The molecule has 1 atom stereocenters. The molecule has 0 spiro atoms. The fraction of sp³-hybridized carbons (Fsp3) is 0.737. The van der Waals surface area contributed by atoms with Gasteiger partial charge < -0.3 is 20.7 Å². The van der Waals surface area contributed by atoms with Crippen LogP contribution in [0.2, 0.25) is 0 Å². The van der Waals surface area contributed by atoms with Crippen molar-refractivity contribution in [3.05, 3.63) is 15.6 Å². The highest BCUT2D eigenvalue weighted by molar-refractivity contribution is 14.0. The number of aromatic nitrogens is 1. The van der Waals surface area contributed by atoms with E-state index in [1.54, 1.807) is 11.3 Å². The summed E-state index contributed by atoms with van der Waals surface area (Å²) in [5.41, 5.74) is 0.557. The van der Waals surface area contributed by atoms with Gasteiger partial charge in [-0.25, -0.2) is 14.8 Å². The van der Waals surface area contributed by atoms with Gasteiger partial charge in [-0.1, -0.05) is 13.3 Å². The molecule has 1 aromatic rings. The molecule has 0 aliphatic heterocycles. The number of halogens is 1. The minimum atomic E-state index is -0.505. The minimum absolute atomic E-state index is 0. The molecule has 162 valence electrons. The number of hydrogen-bond donors (Lipinski definition) is 3. The van der Waals surface area contributed by atoms with Gasteiger partial charge in [0.05, 0.1) is 12.2 Å². The smallest absolute Gasteiger partial charge is 0.407 e. The van der Waals surface area contributed by atoms with E-state index in [0.717, 1.165) is 36.0 Å². The van der Waals surface area contributed by atoms with Crippen LogP contribution in [-0.2, 0) is 11.3 Å². The average Bonchev–Trinajstić information content (AvgIpc) is 2.86. The monoisotopic (exact) mass is 525 g/mol. The van der Waals surface area contributed by atoms with Crippen molar-refractivity contribution in [1.29, 1.82) is 0 Å². The van der Waals surface area contributed by atoms with E-state index in [0.29, 0.717) is 13.1 Å². The van der Waals surface area contributed by atoms with Crippen LogP contribution in [0.1, 0.15) is 63.0 Å². The lowest BCUT2D eigenvalue weighted by Gasteiger charge is -2.24. The summed E-state index contributed by atoms with van der Waals surface area (Å²) in [4.78, 5) is 22.4. The number of ether oxygens (including phenoxy) is 1. The number of nitrogens with zero attached hydrogens (tertiary/aromatic N) is 2. The van der Waals surface area contributed by atoms with Gasteiger partial charge in [-0.2, -0.15) is 0 Å². The second-order valence-corrected chi connectivity index (χ2v) is 8.74. The van der Waals surface area contributed by atoms with E-state index < -0.39 is 11.7 Å². The Kier molecular flexibility index (Phi) is 12.7. The lowest BCUT2D eigenvalue weighted by Crippen LogP contribution is -2.48. The van der Waals surface area contributed by atoms with E-state index in [2.05, 4.69) is 39.8 Å². The van der Waals surface area contributed by atoms with Crippen LogP contribution in [0.25, 0.3) is 0 Å². The summed E-state index contributed by atoms with van der Waals surface area (Å²) in [6.07, 6.45) is 1.43. The first-order valence-electron chi connectivity index (χ1n) is 9.59. The van der Waals surface area contributed by atoms with E-state index in [4.69, 9.17) is 4.74 Å². The molecule has 7 nitrogen and oxygen atoms in total. The molecule has 1 rings (SSSR count). The summed E-state index contributed by atoms with van der Waals surface area (Å²) < 4.78 is 5.36. The number of thiazole rings is 1. The standard InChI is InChI=1S/C19H35N5O2S.HI/c1-8-10-15(24-18(25)26-19(5,6)7)11-21-17(20-9-2)22-12-16-23-13(3)14(4)27-16;/h15H,8-12H2,1-7H3,(H,24,25)(H2,20,21,22);1H. The lowest BCUT2D eigenvalue weighted by molar-refractivity contribution is 0.0502. The number of alkyl carbamates (subject to hydrolysis) is 1. The first kappa shape index (κ1) is 26.9. The van der Waals surface area contributed by atoms with Gasteiger partial charge in [-0.15, -0.1) is 35.3 Å². The molecule has 28 heavy (non-hydrogen) atoms. The topological polar surface area (TPSA) is 87.6 Å². The molecular weight excluding hydrogens is 489 g/mol. The van der Waals surface area contributed by atoms with Crippen molar-refractivity contribution in [2.45, 2.75) is 79.5 Å². The Morgan fingerprint density at radius 3 is 2.43 bits per heavy atom. The second-order valence-electron chi connectivity index (χ2n) is 7.46. The molecule has 3 N–H and O–H groups in total. The van der Waals surface area contributed by atoms with Crippen molar-refractivity contribution < 1.29 is 9.53 Å². The van der Waals surface area contributed by atoms with Gasteiger partial charge in [0.2, 0.25) is 0 Å². The van der Waals surface area contributed by atoms with Crippen LogP contribution < -0.4 is 16.0 Å². The Hall–Kier alpha value is -1.10. The predicted molar refractivity (Wildman–Crippen MR) is 128 cm³/mol. The first-order valence-corrected chi connectivity index (χ1v) is 10.4. The van der Waals surface area contributed by atoms with Crippen LogP contribution in [-0.4, -0.2) is 41.8 Å². The third kappa shape index (κ3) is 11.0. The quantitative estimate of drug-likeness (QED) is 0.270. The Morgan fingerprint density at radius 2 is 1.93 bits per heavy atom. The maximum Gasteiger partial charge on any atom is 0.407 e. The van der Waals surface area contributed by atoms with Crippen molar-refractivity contribution in [2.75, 3.05) is 13.1 Å². The SMILES string of the molecule is CCCC(CNC(=NCc1nc(C)c(C)s1)NCC)NC(=O)OC(C)(C)C.I. The largest absolute Gasteiger partial charge is 0.444 e. The fourth-order valence-corrected chi connectivity index (χ4v) is 3.22. The van der Waals surface area contributed by atoms with Gasteiger partial charge in [0.15, 0.2) is 5.96 Å². The maximum absolute atomic E-state index is 12.0. The molecule has 0 saturated heterocycles. The zero-order chi connectivity index (χ0) is 20.4. The summed E-state index contributed by atoms with van der Waals surface area (Å²) in [6, 6.07) is -0.0296.